The summed E-state index contributed by atoms with van der Waals surface area (Å²) in [7, 11) is 0. The Morgan fingerprint density at radius 2 is 0.833 bits per heavy atom. The zero-order valence-electron chi connectivity index (χ0n) is 26.0. The van der Waals surface area contributed by atoms with Crippen LogP contribution >= 0.6 is 0 Å². The molecule has 0 radical (unpaired) electrons. The van der Waals surface area contributed by atoms with Gasteiger partial charge in [-0.2, -0.15) is 0 Å². The molecular weight excluding hydrogens is 587 g/mol. The molecule has 0 saturated carbocycles. The Kier molecular flexibility index (Phi) is 7.83. The quantitative estimate of drug-likeness (QED) is 0.178. The molecule has 5 nitrogen and oxygen atoms in total. The second-order valence-corrected chi connectivity index (χ2v) is 11.4. The molecule has 226 valence electrons. The van der Waals surface area contributed by atoms with Crippen LogP contribution in [0.4, 0.5) is 0 Å². The first-order valence-corrected chi connectivity index (χ1v) is 15.8. The fourth-order valence-electron chi connectivity index (χ4n) is 5.82. The molecule has 4 heterocycles. The second-order valence-electron chi connectivity index (χ2n) is 11.4. The molecule has 48 heavy (non-hydrogen) atoms. The third-order valence-corrected chi connectivity index (χ3v) is 8.23. The summed E-state index contributed by atoms with van der Waals surface area (Å²) in [4.78, 5) is 24.7. The van der Waals surface area contributed by atoms with Gasteiger partial charge in [0.25, 0.3) is 0 Å². The second kappa shape index (κ2) is 13.0. The first kappa shape index (κ1) is 28.9. The molecular formula is C43H29N5. The molecule has 0 saturated heterocycles. The van der Waals surface area contributed by atoms with E-state index in [9.17, 15) is 0 Å². The van der Waals surface area contributed by atoms with Crippen molar-refractivity contribution < 1.29 is 0 Å². The molecule has 0 atom stereocenters. The summed E-state index contributed by atoms with van der Waals surface area (Å²) in [5, 5.41) is 0. The smallest absolute Gasteiger partial charge is 0.161 e. The molecule has 0 unspecified atom stereocenters. The Bertz CT molecular complexity index is 2190. The topological polar surface area (TPSA) is 64.5 Å². The summed E-state index contributed by atoms with van der Waals surface area (Å²) in [6.45, 7) is 0. The Labute approximate surface area is 279 Å². The number of hydrogen-bond acceptors (Lipinski definition) is 5. The molecule has 0 spiro atoms. The lowest BCUT2D eigenvalue weighted by atomic mass is 9.99. The van der Waals surface area contributed by atoms with E-state index in [1.165, 1.54) is 0 Å². The number of aromatic nitrogens is 5. The predicted octanol–water partition coefficient (Wildman–Crippen LogP) is 10.3. The Morgan fingerprint density at radius 1 is 0.292 bits per heavy atom. The van der Waals surface area contributed by atoms with Gasteiger partial charge in [-0.25, -0.2) is 15.0 Å². The van der Waals surface area contributed by atoms with Crippen molar-refractivity contribution in [3.05, 3.63) is 176 Å². The van der Waals surface area contributed by atoms with Crippen LogP contribution in [0.5, 0.6) is 0 Å². The lowest BCUT2D eigenvalue weighted by Gasteiger charge is -2.13. The van der Waals surface area contributed by atoms with Gasteiger partial charge in [0, 0.05) is 34.6 Å². The summed E-state index contributed by atoms with van der Waals surface area (Å²) in [5.74, 6) is 0.659. The van der Waals surface area contributed by atoms with E-state index in [0.717, 1.165) is 73.1 Å². The van der Waals surface area contributed by atoms with Crippen molar-refractivity contribution >= 4 is 0 Å². The van der Waals surface area contributed by atoms with Gasteiger partial charge in [-0.1, -0.05) is 127 Å². The van der Waals surface area contributed by atoms with Gasteiger partial charge < -0.3 is 0 Å². The minimum Gasteiger partial charge on any atom is -0.255 e. The summed E-state index contributed by atoms with van der Waals surface area (Å²) in [6, 6.07) is 55.3. The van der Waals surface area contributed by atoms with E-state index in [1.54, 1.807) is 6.20 Å². The average Bonchev–Trinajstić information content (AvgIpc) is 3.19. The molecule has 0 aliphatic rings. The first-order valence-electron chi connectivity index (χ1n) is 15.8. The Balaban J connectivity index is 1.21. The van der Waals surface area contributed by atoms with E-state index in [-0.39, 0.29) is 0 Å². The van der Waals surface area contributed by atoms with Crippen molar-refractivity contribution in [2.75, 3.05) is 0 Å². The largest absolute Gasteiger partial charge is 0.255 e. The number of rotatable bonds is 7. The van der Waals surface area contributed by atoms with Crippen LogP contribution in [0.25, 0.3) is 78.9 Å². The van der Waals surface area contributed by atoms with Crippen molar-refractivity contribution in [3.8, 4) is 78.9 Å². The maximum atomic E-state index is 5.08. The Morgan fingerprint density at radius 3 is 1.40 bits per heavy atom. The number of benzene rings is 4. The van der Waals surface area contributed by atoms with Gasteiger partial charge in [0.15, 0.2) is 5.82 Å². The van der Waals surface area contributed by atoms with Gasteiger partial charge in [-0.15, -0.1) is 0 Å². The zero-order chi connectivity index (χ0) is 32.1. The van der Waals surface area contributed by atoms with Gasteiger partial charge in [-0.05, 0) is 53.1 Å². The van der Waals surface area contributed by atoms with Crippen LogP contribution in [0.1, 0.15) is 0 Å². The summed E-state index contributed by atoms with van der Waals surface area (Å²) in [6.07, 6.45) is 3.70. The number of hydrogen-bond donors (Lipinski definition) is 0. The van der Waals surface area contributed by atoms with Crippen molar-refractivity contribution in [2.24, 2.45) is 0 Å². The minimum atomic E-state index is 0.659. The molecule has 8 rings (SSSR count). The maximum Gasteiger partial charge on any atom is 0.161 e. The van der Waals surface area contributed by atoms with E-state index in [4.69, 9.17) is 19.9 Å². The van der Waals surface area contributed by atoms with Gasteiger partial charge in [0.1, 0.15) is 0 Å². The highest BCUT2D eigenvalue weighted by Crippen LogP contribution is 2.35. The highest BCUT2D eigenvalue weighted by molar-refractivity contribution is 5.83. The predicted molar refractivity (Wildman–Crippen MR) is 193 cm³/mol. The van der Waals surface area contributed by atoms with E-state index in [2.05, 4.69) is 77.8 Å². The standard InChI is InChI=1S/C43H29N5/c1-4-14-30(15-5-1)34-26-41(37-22-12-13-25-44-37)46-42(27-34)38-24-23-33(29-45-38)35-20-10-11-21-36(35)43-47-39(31-16-6-2-7-17-31)28-40(48-43)32-18-8-3-9-19-32/h1-29H. The minimum absolute atomic E-state index is 0.659. The third-order valence-electron chi connectivity index (χ3n) is 8.23. The highest BCUT2D eigenvalue weighted by Gasteiger charge is 2.16. The monoisotopic (exact) mass is 615 g/mol. The number of nitrogens with zero attached hydrogens (tertiary/aromatic N) is 5. The van der Waals surface area contributed by atoms with E-state index < -0.39 is 0 Å². The normalized spacial score (nSPS) is 10.9. The molecule has 0 bridgehead atoms. The molecule has 0 N–H and O–H groups in total. The van der Waals surface area contributed by atoms with Gasteiger partial charge in [-0.3, -0.25) is 9.97 Å². The first-order chi connectivity index (χ1) is 23.8. The fraction of sp³-hybridized carbons (Fsp3) is 0. The summed E-state index contributed by atoms with van der Waals surface area (Å²) >= 11 is 0. The van der Waals surface area contributed by atoms with E-state index in [1.807, 2.05) is 97.2 Å². The molecule has 0 fully saturated rings. The zero-order valence-corrected chi connectivity index (χ0v) is 26.0. The number of pyridine rings is 3. The van der Waals surface area contributed by atoms with Crippen LogP contribution in [-0.4, -0.2) is 24.9 Å². The lowest BCUT2D eigenvalue weighted by Crippen LogP contribution is -1.98. The van der Waals surface area contributed by atoms with E-state index >= 15 is 0 Å². The van der Waals surface area contributed by atoms with Crippen molar-refractivity contribution in [1.29, 1.82) is 0 Å². The van der Waals surface area contributed by atoms with Crippen molar-refractivity contribution in [2.45, 2.75) is 0 Å². The summed E-state index contributed by atoms with van der Waals surface area (Å²) in [5.41, 5.74) is 12.1. The van der Waals surface area contributed by atoms with Crippen molar-refractivity contribution in [1.82, 2.24) is 24.9 Å². The van der Waals surface area contributed by atoms with Crippen LogP contribution in [0.15, 0.2) is 176 Å². The van der Waals surface area contributed by atoms with Crippen molar-refractivity contribution in [3.63, 3.8) is 0 Å². The van der Waals surface area contributed by atoms with Gasteiger partial charge in [0.2, 0.25) is 0 Å². The van der Waals surface area contributed by atoms with Crippen LogP contribution in [0, 0.1) is 0 Å². The molecule has 0 aliphatic carbocycles. The van der Waals surface area contributed by atoms with Crippen LogP contribution in [0.2, 0.25) is 0 Å². The lowest BCUT2D eigenvalue weighted by molar-refractivity contribution is 1.18. The SMILES string of the molecule is c1ccc(-c2cc(-c3ccccn3)nc(-c3ccc(-c4ccccc4-c4nc(-c5ccccc5)cc(-c5ccccc5)n4)cn3)c2)cc1. The highest BCUT2D eigenvalue weighted by atomic mass is 14.9. The van der Waals surface area contributed by atoms with Gasteiger partial charge in [0.05, 0.1) is 34.2 Å². The molecule has 5 heteroatoms. The molecule has 4 aromatic heterocycles. The maximum absolute atomic E-state index is 5.08. The van der Waals surface area contributed by atoms with Gasteiger partial charge >= 0.3 is 0 Å². The molecule has 0 amide bonds. The Hall–Kier alpha value is -6.59. The van der Waals surface area contributed by atoms with E-state index in [0.29, 0.717) is 5.82 Å². The molecule has 4 aromatic carbocycles. The van der Waals surface area contributed by atoms with Crippen LogP contribution in [-0.2, 0) is 0 Å². The average molecular weight is 616 g/mol. The van der Waals surface area contributed by atoms with Crippen LogP contribution < -0.4 is 0 Å². The van der Waals surface area contributed by atoms with Crippen LogP contribution in [0.3, 0.4) is 0 Å². The molecule has 0 aliphatic heterocycles. The fourth-order valence-corrected chi connectivity index (χ4v) is 5.82. The summed E-state index contributed by atoms with van der Waals surface area (Å²) < 4.78 is 0. The third kappa shape index (κ3) is 6.00. The molecule has 8 aromatic rings.